The van der Waals surface area contributed by atoms with E-state index in [1.807, 2.05) is 36.7 Å². The van der Waals surface area contributed by atoms with Gasteiger partial charge in [-0.25, -0.2) is 4.98 Å². The van der Waals surface area contributed by atoms with Crippen molar-refractivity contribution in [2.75, 3.05) is 0 Å². The quantitative estimate of drug-likeness (QED) is 0.341. The molecular formula is C23H17Cl2N3O2. The lowest BCUT2D eigenvalue weighted by atomic mass is 10.0. The van der Waals surface area contributed by atoms with Crippen LogP contribution in [0, 0.1) is 6.92 Å². The third-order valence-electron chi connectivity index (χ3n) is 5.48. The number of halogens is 2. The van der Waals surface area contributed by atoms with Gasteiger partial charge in [0.25, 0.3) is 5.56 Å². The number of nitrogens with zero attached hydrogens (tertiary/aromatic N) is 3. The lowest BCUT2D eigenvalue weighted by Gasteiger charge is -2.09. The molecule has 0 saturated heterocycles. The van der Waals surface area contributed by atoms with Crippen molar-refractivity contribution < 1.29 is 4.42 Å². The number of oxazole rings is 1. The second-order valence-corrected chi connectivity index (χ2v) is 8.17. The second-order valence-electron chi connectivity index (χ2n) is 7.33. The molecule has 0 atom stereocenters. The highest BCUT2D eigenvalue weighted by atomic mass is 35.5. The number of pyridine rings is 1. The molecule has 0 radical (unpaired) electrons. The molecule has 0 spiro atoms. The summed E-state index contributed by atoms with van der Waals surface area (Å²) in [5.74, 6) is 0.616. The zero-order valence-electron chi connectivity index (χ0n) is 16.5. The number of fused-ring (bicyclic) bond motifs is 3. The van der Waals surface area contributed by atoms with Crippen LogP contribution in [0.25, 0.3) is 44.3 Å². The van der Waals surface area contributed by atoms with Crippen LogP contribution in [-0.2, 0) is 14.1 Å². The number of hydrogen-bond acceptors (Lipinski definition) is 3. The van der Waals surface area contributed by atoms with Gasteiger partial charge in [-0.1, -0.05) is 35.3 Å². The molecule has 150 valence electrons. The molecule has 0 aliphatic rings. The average Bonchev–Trinajstić information content (AvgIpc) is 3.26. The minimum Gasteiger partial charge on any atom is -0.449 e. The maximum atomic E-state index is 13.2. The minimum atomic E-state index is -0.120. The third kappa shape index (κ3) is 2.77. The van der Waals surface area contributed by atoms with Gasteiger partial charge in [0, 0.05) is 53.5 Å². The second kappa shape index (κ2) is 6.76. The van der Waals surface area contributed by atoms with Gasteiger partial charge in [0.1, 0.15) is 17.6 Å². The summed E-state index contributed by atoms with van der Waals surface area (Å²) >= 11 is 12.5. The first-order valence-electron chi connectivity index (χ1n) is 9.35. The summed E-state index contributed by atoms with van der Waals surface area (Å²) in [7, 11) is 3.73. The van der Waals surface area contributed by atoms with Gasteiger partial charge >= 0.3 is 0 Å². The Morgan fingerprint density at radius 1 is 0.933 bits per heavy atom. The van der Waals surface area contributed by atoms with E-state index in [4.69, 9.17) is 27.6 Å². The van der Waals surface area contributed by atoms with Crippen molar-refractivity contribution in [2.45, 2.75) is 6.92 Å². The normalized spacial score (nSPS) is 11.6. The lowest BCUT2D eigenvalue weighted by Crippen LogP contribution is -2.20. The fourth-order valence-electron chi connectivity index (χ4n) is 4.05. The van der Waals surface area contributed by atoms with E-state index in [1.165, 1.54) is 0 Å². The Bertz CT molecular complexity index is 1530. The first-order chi connectivity index (χ1) is 14.3. The van der Waals surface area contributed by atoms with E-state index in [2.05, 4.69) is 11.1 Å². The Kier molecular flexibility index (Phi) is 4.27. The molecule has 0 N–H and O–H groups in total. The summed E-state index contributed by atoms with van der Waals surface area (Å²) in [5.41, 5.74) is 4.64. The molecule has 5 rings (SSSR count). The molecule has 3 heterocycles. The number of aromatic nitrogens is 3. The predicted molar refractivity (Wildman–Crippen MR) is 121 cm³/mol. The summed E-state index contributed by atoms with van der Waals surface area (Å²) in [6.07, 6.45) is 1.65. The zero-order chi connectivity index (χ0) is 21.2. The van der Waals surface area contributed by atoms with E-state index in [9.17, 15) is 4.79 Å². The topological polar surface area (TPSA) is 53.0 Å². The fourth-order valence-corrected chi connectivity index (χ4v) is 4.56. The maximum Gasteiger partial charge on any atom is 0.259 e. The van der Waals surface area contributed by atoms with Gasteiger partial charge in [-0.15, -0.1) is 0 Å². The highest BCUT2D eigenvalue weighted by Crippen LogP contribution is 2.35. The van der Waals surface area contributed by atoms with Crippen LogP contribution in [0.4, 0.5) is 0 Å². The van der Waals surface area contributed by atoms with Crippen LogP contribution < -0.4 is 5.56 Å². The van der Waals surface area contributed by atoms with Crippen LogP contribution in [-0.4, -0.2) is 14.1 Å². The third-order valence-corrected chi connectivity index (χ3v) is 6.03. The van der Waals surface area contributed by atoms with Crippen LogP contribution in [0.15, 0.2) is 57.9 Å². The smallest absolute Gasteiger partial charge is 0.259 e. The largest absolute Gasteiger partial charge is 0.449 e. The molecule has 0 aliphatic carbocycles. The molecule has 30 heavy (non-hydrogen) atoms. The number of benzene rings is 2. The Morgan fingerprint density at radius 3 is 2.43 bits per heavy atom. The highest BCUT2D eigenvalue weighted by Gasteiger charge is 2.18. The van der Waals surface area contributed by atoms with Gasteiger partial charge in [-0.2, -0.15) is 0 Å². The van der Waals surface area contributed by atoms with E-state index in [0.29, 0.717) is 27.1 Å². The van der Waals surface area contributed by atoms with Crippen molar-refractivity contribution in [3.05, 3.63) is 75.0 Å². The SMILES string of the molecule is Cc1nc(-c2ccc3c(c2)c2cc(-c4ccc(Cl)cc4Cl)c(=O)n(C)c2n3C)co1. The average molecular weight is 438 g/mol. The van der Waals surface area contributed by atoms with Crippen molar-refractivity contribution >= 4 is 45.1 Å². The van der Waals surface area contributed by atoms with Gasteiger partial charge in [-0.05, 0) is 30.3 Å². The van der Waals surface area contributed by atoms with Crippen LogP contribution in [0.5, 0.6) is 0 Å². The summed E-state index contributed by atoms with van der Waals surface area (Å²) in [5, 5.41) is 2.95. The Hall–Kier alpha value is -3.02. The van der Waals surface area contributed by atoms with Crippen LogP contribution in [0.3, 0.4) is 0 Å². The number of rotatable bonds is 2. The Morgan fingerprint density at radius 2 is 1.73 bits per heavy atom. The number of hydrogen-bond donors (Lipinski definition) is 0. The predicted octanol–water partition coefficient (Wildman–Crippen LogP) is 5.97. The minimum absolute atomic E-state index is 0.120. The maximum absolute atomic E-state index is 13.2. The first-order valence-corrected chi connectivity index (χ1v) is 10.1. The van der Waals surface area contributed by atoms with Gasteiger partial charge in [0.2, 0.25) is 0 Å². The van der Waals surface area contributed by atoms with E-state index in [-0.39, 0.29) is 5.56 Å². The molecule has 0 saturated carbocycles. The van der Waals surface area contributed by atoms with E-state index < -0.39 is 0 Å². The van der Waals surface area contributed by atoms with Gasteiger partial charge in [0.05, 0.1) is 10.5 Å². The summed E-state index contributed by atoms with van der Waals surface area (Å²) in [4.78, 5) is 17.6. The van der Waals surface area contributed by atoms with Crippen molar-refractivity contribution in [3.8, 4) is 22.4 Å². The molecule has 0 bridgehead atoms. The molecule has 5 nitrogen and oxygen atoms in total. The van der Waals surface area contributed by atoms with Crippen molar-refractivity contribution in [3.63, 3.8) is 0 Å². The Labute approximate surface area is 182 Å². The van der Waals surface area contributed by atoms with Crippen LogP contribution >= 0.6 is 23.2 Å². The van der Waals surface area contributed by atoms with E-state index in [1.54, 1.807) is 36.1 Å². The van der Waals surface area contributed by atoms with Gasteiger partial charge in [0.15, 0.2) is 5.89 Å². The molecule has 0 unspecified atom stereocenters. The van der Waals surface area contributed by atoms with Crippen molar-refractivity contribution in [1.82, 2.24) is 14.1 Å². The molecule has 7 heteroatoms. The zero-order valence-corrected chi connectivity index (χ0v) is 18.0. The summed E-state index contributed by atoms with van der Waals surface area (Å²) in [6, 6.07) is 13.2. The molecule has 0 amide bonds. The first kappa shape index (κ1) is 19.0. The summed E-state index contributed by atoms with van der Waals surface area (Å²) in [6.45, 7) is 1.82. The molecule has 3 aromatic heterocycles. The van der Waals surface area contributed by atoms with Crippen LogP contribution in [0.1, 0.15) is 5.89 Å². The molecule has 2 aromatic carbocycles. The molecular weight excluding hydrogens is 421 g/mol. The Balaban J connectivity index is 1.85. The van der Waals surface area contributed by atoms with Crippen molar-refractivity contribution in [1.29, 1.82) is 0 Å². The lowest BCUT2D eigenvalue weighted by molar-refractivity contribution is 0.521. The van der Waals surface area contributed by atoms with Gasteiger partial charge < -0.3 is 8.98 Å². The van der Waals surface area contributed by atoms with E-state index >= 15 is 0 Å². The molecule has 0 fully saturated rings. The van der Waals surface area contributed by atoms with E-state index in [0.717, 1.165) is 33.2 Å². The van der Waals surface area contributed by atoms with Crippen LogP contribution in [0.2, 0.25) is 10.0 Å². The van der Waals surface area contributed by atoms with Gasteiger partial charge in [-0.3, -0.25) is 9.36 Å². The summed E-state index contributed by atoms with van der Waals surface area (Å²) < 4.78 is 9.06. The fraction of sp³-hybridized carbons (Fsp3) is 0.130. The van der Waals surface area contributed by atoms with Crippen molar-refractivity contribution in [2.24, 2.45) is 14.1 Å². The molecule has 0 aliphatic heterocycles. The standard InChI is InChI=1S/C23H17Cl2N3O2/c1-12-26-20(11-30-12)13-4-7-21-16(8-13)17-10-18(15-6-5-14(24)9-19(15)25)23(29)28(3)22(17)27(21)2/h4-11H,1-3H3. The molecule has 5 aromatic rings. The number of aryl methyl sites for hydroxylation is 3. The monoisotopic (exact) mass is 437 g/mol. The highest BCUT2D eigenvalue weighted by molar-refractivity contribution is 6.36.